The van der Waals surface area contributed by atoms with Crippen LogP contribution in [0.3, 0.4) is 0 Å². The van der Waals surface area contributed by atoms with Gasteiger partial charge in [0, 0.05) is 19.4 Å². The molecule has 1 saturated carbocycles. The fourth-order valence-corrected chi connectivity index (χ4v) is 2.76. The molecule has 0 amide bonds. The Bertz CT molecular complexity index is 435. The zero-order valence-electron chi connectivity index (χ0n) is 10.8. The van der Waals surface area contributed by atoms with Crippen molar-refractivity contribution in [3.05, 3.63) is 28.0 Å². The van der Waals surface area contributed by atoms with Crippen LogP contribution in [0, 0.1) is 5.82 Å². The minimum atomic E-state index is -0.599. The summed E-state index contributed by atoms with van der Waals surface area (Å²) >= 11 is 11.5. The van der Waals surface area contributed by atoms with Crippen LogP contribution in [0.15, 0.2) is 12.1 Å². The van der Waals surface area contributed by atoms with E-state index in [1.807, 2.05) is 6.92 Å². The molecule has 0 aliphatic heterocycles. The van der Waals surface area contributed by atoms with Gasteiger partial charge in [-0.25, -0.2) is 4.39 Å². The first-order chi connectivity index (χ1) is 9.06. The van der Waals surface area contributed by atoms with E-state index in [0.29, 0.717) is 12.3 Å². The standard InChI is InChI=1S/C13H16Cl2FNO2/c1-3-19-11-6-10(13(11)18-2)17-7-4-8(14)12(16)9(15)5-7/h4-5,10-11,13,17H,3,6H2,1-2H3. The number of halogens is 3. The molecule has 6 heteroatoms. The Balaban J connectivity index is 2.02. The van der Waals surface area contributed by atoms with Crippen LogP contribution in [0.4, 0.5) is 10.1 Å². The van der Waals surface area contributed by atoms with Gasteiger partial charge in [0.1, 0.15) is 6.10 Å². The first kappa shape index (κ1) is 14.9. The van der Waals surface area contributed by atoms with Gasteiger partial charge in [0.05, 0.1) is 22.2 Å². The Labute approximate surface area is 122 Å². The van der Waals surface area contributed by atoms with Gasteiger partial charge in [-0.1, -0.05) is 23.2 Å². The number of rotatable bonds is 5. The van der Waals surface area contributed by atoms with Crippen molar-refractivity contribution in [1.29, 1.82) is 0 Å². The summed E-state index contributed by atoms with van der Waals surface area (Å²) in [6, 6.07) is 3.15. The minimum absolute atomic E-state index is 0.00430. The van der Waals surface area contributed by atoms with E-state index in [2.05, 4.69) is 5.32 Å². The van der Waals surface area contributed by atoms with Crippen molar-refractivity contribution >= 4 is 28.9 Å². The third kappa shape index (κ3) is 3.14. The van der Waals surface area contributed by atoms with Gasteiger partial charge in [-0.05, 0) is 25.5 Å². The van der Waals surface area contributed by atoms with Crippen LogP contribution in [0.2, 0.25) is 10.0 Å². The molecular formula is C13H16Cl2FNO2. The molecule has 106 valence electrons. The Morgan fingerprint density at radius 3 is 2.53 bits per heavy atom. The van der Waals surface area contributed by atoms with E-state index >= 15 is 0 Å². The highest BCUT2D eigenvalue weighted by Crippen LogP contribution is 2.33. The highest BCUT2D eigenvalue weighted by Gasteiger charge is 2.42. The van der Waals surface area contributed by atoms with Crippen molar-refractivity contribution in [2.75, 3.05) is 19.0 Å². The molecule has 3 nitrogen and oxygen atoms in total. The molecule has 2 rings (SSSR count). The second-order valence-electron chi connectivity index (χ2n) is 4.43. The number of hydrogen-bond acceptors (Lipinski definition) is 3. The second-order valence-corrected chi connectivity index (χ2v) is 5.25. The van der Waals surface area contributed by atoms with Crippen molar-refractivity contribution in [2.24, 2.45) is 0 Å². The van der Waals surface area contributed by atoms with Crippen LogP contribution < -0.4 is 5.32 Å². The topological polar surface area (TPSA) is 30.5 Å². The molecule has 1 fully saturated rings. The Hall–Kier alpha value is -0.550. The van der Waals surface area contributed by atoms with E-state index < -0.39 is 5.82 Å². The fourth-order valence-electron chi connectivity index (χ4n) is 2.27. The lowest BCUT2D eigenvalue weighted by molar-refractivity contribution is -0.118. The van der Waals surface area contributed by atoms with Gasteiger partial charge in [-0.15, -0.1) is 0 Å². The van der Waals surface area contributed by atoms with E-state index in [1.165, 1.54) is 12.1 Å². The maximum Gasteiger partial charge on any atom is 0.160 e. The highest BCUT2D eigenvalue weighted by molar-refractivity contribution is 6.35. The average Bonchev–Trinajstić information content (AvgIpc) is 2.35. The molecule has 1 aliphatic rings. The summed E-state index contributed by atoms with van der Waals surface area (Å²) in [5, 5.41) is 3.24. The SMILES string of the molecule is CCOC1CC(Nc2cc(Cl)c(F)c(Cl)c2)C1OC. The van der Waals surface area contributed by atoms with Crippen LogP contribution in [-0.2, 0) is 9.47 Å². The Morgan fingerprint density at radius 2 is 2.00 bits per heavy atom. The van der Waals surface area contributed by atoms with Crippen molar-refractivity contribution in [2.45, 2.75) is 31.6 Å². The number of hydrogen-bond donors (Lipinski definition) is 1. The molecular weight excluding hydrogens is 292 g/mol. The van der Waals surface area contributed by atoms with Gasteiger partial charge in [0.2, 0.25) is 0 Å². The first-order valence-electron chi connectivity index (χ1n) is 6.12. The summed E-state index contributed by atoms with van der Waals surface area (Å²) in [6.07, 6.45) is 0.903. The molecule has 19 heavy (non-hydrogen) atoms. The van der Waals surface area contributed by atoms with Gasteiger partial charge < -0.3 is 14.8 Å². The molecule has 0 saturated heterocycles. The largest absolute Gasteiger partial charge is 0.379 e. The first-order valence-corrected chi connectivity index (χ1v) is 6.87. The van der Waals surface area contributed by atoms with E-state index in [0.717, 1.165) is 6.42 Å². The highest BCUT2D eigenvalue weighted by atomic mass is 35.5. The van der Waals surface area contributed by atoms with Gasteiger partial charge >= 0.3 is 0 Å². The molecule has 3 unspecified atom stereocenters. The number of anilines is 1. The molecule has 0 heterocycles. The third-order valence-corrected chi connectivity index (χ3v) is 3.79. The van der Waals surface area contributed by atoms with E-state index in [1.54, 1.807) is 7.11 Å². The van der Waals surface area contributed by atoms with Crippen molar-refractivity contribution < 1.29 is 13.9 Å². The summed E-state index contributed by atoms with van der Waals surface area (Å²) in [6.45, 7) is 2.61. The number of ether oxygens (including phenoxy) is 2. The zero-order chi connectivity index (χ0) is 14.0. The van der Waals surface area contributed by atoms with E-state index in [-0.39, 0.29) is 28.3 Å². The Morgan fingerprint density at radius 1 is 1.37 bits per heavy atom. The quantitative estimate of drug-likeness (QED) is 0.841. The molecule has 0 radical (unpaired) electrons. The zero-order valence-corrected chi connectivity index (χ0v) is 12.3. The molecule has 1 aliphatic carbocycles. The number of methoxy groups -OCH3 is 1. The molecule has 0 bridgehead atoms. The van der Waals surface area contributed by atoms with Crippen LogP contribution >= 0.6 is 23.2 Å². The van der Waals surface area contributed by atoms with Gasteiger partial charge in [-0.3, -0.25) is 0 Å². The number of nitrogens with one attached hydrogen (secondary N) is 1. The van der Waals surface area contributed by atoms with Gasteiger partial charge in [-0.2, -0.15) is 0 Å². The van der Waals surface area contributed by atoms with Crippen molar-refractivity contribution in [1.82, 2.24) is 0 Å². The number of benzene rings is 1. The van der Waals surface area contributed by atoms with Gasteiger partial charge in [0.15, 0.2) is 5.82 Å². The fraction of sp³-hybridized carbons (Fsp3) is 0.538. The summed E-state index contributed by atoms with van der Waals surface area (Å²) in [5.74, 6) is -0.599. The van der Waals surface area contributed by atoms with Crippen LogP contribution in [0.5, 0.6) is 0 Å². The lowest BCUT2D eigenvalue weighted by Crippen LogP contribution is -2.56. The summed E-state index contributed by atoms with van der Waals surface area (Å²) < 4.78 is 24.2. The smallest absolute Gasteiger partial charge is 0.160 e. The molecule has 0 spiro atoms. The van der Waals surface area contributed by atoms with Crippen molar-refractivity contribution in [3.8, 4) is 0 Å². The second kappa shape index (κ2) is 6.27. The van der Waals surface area contributed by atoms with E-state index in [9.17, 15) is 4.39 Å². The molecule has 0 aromatic heterocycles. The van der Waals surface area contributed by atoms with E-state index in [4.69, 9.17) is 32.7 Å². The van der Waals surface area contributed by atoms with Crippen LogP contribution in [0.25, 0.3) is 0 Å². The monoisotopic (exact) mass is 307 g/mol. The third-order valence-electron chi connectivity index (χ3n) is 3.24. The normalized spacial score (nSPS) is 26.1. The van der Waals surface area contributed by atoms with Crippen LogP contribution in [-0.4, -0.2) is 32.0 Å². The Kier molecular flexibility index (Phi) is 4.90. The molecule has 1 aromatic carbocycles. The predicted octanol–water partition coefficient (Wildman–Crippen LogP) is 3.74. The summed E-state index contributed by atoms with van der Waals surface area (Å²) in [7, 11) is 1.65. The summed E-state index contributed by atoms with van der Waals surface area (Å²) in [5.41, 5.74) is 0.679. The molecule has 1 aromatic rings. The minimum Gasteiger partial charge on any atom is -0.379 e. The van der Waals surface area contributed by atoms with Crippen molar-refractivity contribution in [3.63, 3.8) is 0 Å². The molecule has 3 atom stereocenters. The predicted molar refractivity (Wildman–Crippen MR) is 74.7 cm³/mol. The maximum atomic E-state index is 13.3. The van der Waals surface area contributed by atoms with Gasteiger partial charge in [0.25, 0.3) is 0 Å². The van der Waals surface area contributed by atoms with Crippen LogP contribution in [0.1, 0.15) is 13.3 Å². The lowest BCUT2D eigenvalue weighted by atomic mass is 9.85. The molecule has 1 N–H and O–H groups in total. The average molecular weight is 308 g/mol. The lowest BCUT2D eigenvalue weighted by Gasteiger charge is -2.43. The summed E-state index contributed by atoms with van der Waals surface area (Å²) in [4.78, 5) is 0. The maximum absolute atomic E-state index is 13.3.